The molecule has 2 aromatic heterocycles. The Labute approximate surface area is 168 Å². The summed E-state index contributed by atoms with van der Waals surface area (Å²) in [6, 6.07) is 11.7. The Morgan fingerprint density at radius 3 is 2.68 bits per heavy atom. The number of carbonyl (C=O) groups is 1. The summed E-state index contributed by atoms with van der Waals surface area (Å²) < 4.78 is 7.08. The molecule has 0 saturated heterocycles. The van der Waals surface area contributed by atoms with Crippen molar-refractivity contribution in [3.8, 4) is 11.4 Å². The molecule has 1 atom stereocenters. The molecule has 3 rings (SSSR count). The van der Waals surface area contributed by atoms with Crippen molar-refractivity contribution in [2.45, 2.75) is 57.0 Å². The zero-order chi connectivity index (χ0) is 19.9. The molecule has 148 valence electrons. The van der Waals surface area contributed by atoms with Crippen LogP contribution in [0.3, 0.4) is 0 Å². The number of amides is 1. The fourth-order valence-electron chi connectivity index (χ4n) is 2.85. The predicted octanol–water partition coefficient (Wildman–Crippen LogP) is 4.55. The van der Waals surface area contributed by atoms with Crippen LogP contribution in [0.4, 0.5) is 5.82 Å². The lowest BCUT2D eigenvalue weighted by atomic mass is 10.2. The van der Waals surface area contributed by atoms with E-state index < -0.39 is 0 Å². The van der Waals surface area contributed by atoms with E-state index in [-0.39, 0.29) is 11.2 Å². The van der Waals surface area contributed by atoms with Gasteiger partial charge >= 0.3 is 0 Å². The van der Waals surface area contributed by atoms with Gasteiger partial charge in [0.05, 0.1) is 5.25 Å². The van der Waals surface area contributed by atoms with Crippen molar-refractivity contribution in [3.05, 3.63) is 42.2 Å². The quantitative estimate of drug-likeness (QED) is 0.531. The Kier molecular flexibility index (Phi) is 6.86. The molecular formula is C20H25N5O2S. The molecule has 0 spiro atoms. The van der Waals surface area contributed by atoms with Gasteiger partial charge in [0.1, 0.15) is 5.76 Å². The first-order chi connectivity index (χ1) is 13.6. The van der Waals surface area contributed by atoms with Gasteiger partial charge in [-0.05, 0) is 20.3 Å². The molecule has 0 fully saturated rings. The first-order valence-corrected chi connectivity index (χ1v) is 10.4. The maximum Gasteiger partial charge on any atom is 0.239 e. The lowest BCUT2D eigenvalue weighted by molar-refractivity contribution is -0.115. The maximum atomic E-state index is 12.8. The van der Waals surface area contributed by atoms with Gasteiger partial charge in [0.2, 0.25) is 5.91 Å². The van der Waals surface area contributed by atoms with E-state index >= 15 is 0 Å². The van der Waals surface area contributed by atoms with Gasteiger partial charge in [0.15, 0.2) is 16.8 Å². The molecule has 7 nitrogen and oxygen atoms in total. The van der Waals surface area contributed by atoms with E-state index in [4.69, 9.17) is 4.52 Å². The fourth-order valence-corrected chi connectivity index (χ4v) is 3.99. The topological polar surface area (TPSA) is 85.8 Å². The second-order valence-electron chi connectivity index (χ2n) is 6.48. The van der Waals surface area contributed by atoms with Crippen molar-refractivity contribution in [1.29, 1.82) is 0 Å². The normalized spacial score (nSPS) is 12.1. The summed E-state index contributed by atoms with van der Waals surface area (Å²) in [6.45, 7) is 6.69. The molecule has 1 unspecified atom stereocenters. The summed E-state index contributed by atoms with van der Waals surface area (Å²) in [4.78, 5) is 12.8. The Balaban J connectivity index is 1.80. The average molecular weight is 400 g/mol. The van der Waals surface area contributed by atoms with Gasteiger partial charge in [-0.25, -0.2) is 0 Å². The Bertz CT molecular complexity index is 906. The molecule has 28 heavy (non-hydrogen) atoms. The van der Waals surface area contributed by atoms with E-state index in [0.717, 1.165) is 42.4 Å². The van der Waals surface area contributed by atoms with Gasteiger partial charge in [-0.2, -0.15) is 0 Å². The third-order valence-electron chi connectivity index (χ3n) is 4.30. The minimum Gasteiger partial charge on any atom is -0.360 e. The molecule has 1 aromatic carbocycles. The number of unbranched alkanes of at least 4 members (excludes halogenated alkanes) is 1. The summed E-state index contributed by atoms with van der Waals surface area (Å²) in [5, 5.41) is 15.9. The number of hydrogen-bond donors (Lipinski definition) is 1. The van der Waals surface area contributed by atoms with Crippen LogP contribution in [0.2, 0.25) is 0 Å². The fraction of sp³-hybridized carbons (Fsp3) is 0.400. The summed E-state index contributed by atoms with van der Waals surface area (Å²) in [6.07, 6.45) is 2.72. The molecule has 3 aromatic rings. The van der Waals surface area contributed by atoms with Crippen LogP contribution in [0.5, 0.6) is 0 Å². The molecule has 0 radical (unpaired) electrons. The second-order valence-corrected chi connectivity index (χ2v) is 7.65. The van der Waals surface area contributed by atoms with E-state index in [1.807, 2.05) is 34.9 Å². The lowest BCUT2D eigenvalue weighted by Crippen LogP contribution is -2.26. The van der Waals surface area contributed by atoms with Crippen LogP contribution < -0.4 is 5.32 Å². The minimum absolute atomic E-state index is 0.0985. The molecule has 0 aliphatic carbocycles. The second kappa shape index (κ2) is 9.54. The number of aromatic nitrogens is 4. The van der Waals surface area contributed by atoms with E-state index in [9.17, 15) is 4.79 Å². The molecule has 2 heterocycles. The van der Waals surface area contributed by atoms with E-state index in [0.29, 0.717) is 11.6 Å². The number of thioether (sulfide) groups is 1. The van der Waals surface area contributed by atoms with Gasteiger partial charge in [-0.3, -0.25) is 4.79 Å². The molecule has 0 saturated carbocycles. The molecule has 1 N–H and O–H groups in total. The molecule has 0 aliphatic rings. The van der Waals surface area contributed by atoms with Gasteiger partial charge in [0, 0.05) is 18.2 Å². The van der Waals surface area contributed by atoms with Gasteiger partial charge in [-0.1, -0.05) is 67.0 Å². The van der Waals surface area contributed by atoms with Crippen LogP contribution in [0.1, 0.15) is 38.9 Å². The van der Waals surface area contributed by atoms with Crippen molar-refractivity contribution < 1.29 is 9.32 Å². The number of carbonyl (C=O) groups excluding carboxylic acids is 1. The SMILES string of the molecule is CCCCC(Sc1nnc(-c2ccccc2)n1CC)C(=O)Nc1cc(C)on1. The number of nitrogens with one attached hydrogen (secondary N) is 1. The summed E-state index contributed by atoms with van der Waals surface area (Å²) in [5.74, 6) is 1.81. The minimum atomic E-state index is -0.282. The third-order valence-corrected chi connectivity index (χ3v) is 5.55. The van der Waals surface area contributed by atoms with Crippen LogP contribution in [-0.4, -0.2) is 31.1 Å². The smallest absolute Gasteiger partial charge is 0.239 e. The summed E-state index contributed by atoms with van der Waals surface area (Å²) in [7, 11) is 0. The molecule has 1 amide bonds. The zero-order valence-electron chi connectivity index (χ0n) is 16.4. The molecular weight excluding hydrogens is 374 g/mol. The van der Waals surface area contributed by atoms with Crippen LogP contribution >= 0.6 is 11.8 Å². The molecule has 0 aliphatic heterocycles. The van der Waals surface area contributed by atoms with Crippen LogP contribution in [0, 0.1) is 6.92 Å². The van der Waals surface area contributed by atoms with E-state index in [1.54, 1.807) is 13.0 Å². The molecule has 8 heteroatoms. The van der Waals surface area contributed by atoms with Gasteiger partial charge < -0.3 is 14.4 Å². The molecule has 0 bridgehead atoms. The zero-order valence-corrected chi connectivity index (χ0v) is 17.2. The average Bonchev–Trinajstić information content (AvgIpc) is 3.31. The number of anilines is 1. The Morgan fingerprint density at radius 1 is 1.25 bits per heavy atom. The predicted molar refractivity (Wildman–Crippen MR) is 110 cm³/mol. The standard InChI is InChI=1S/C20H25N5O2S/c1-4-6-12-16(19(26)21-17-13-14(3)27-24-17)28-20-23-22-18(25(20)5-2)15-10-8-7-9-11-15/h7-11,13,16H,4-6,12H2,1-3H3,(H,21,24,26). The highest BCUT2D eigenvalue weighted by atomic mass is 32.2. The monoisotopic (exact) mass is 399 g/mol. The highest BCUT2D eigenvalue weighted by Gasteiger charge is 2.24. The largest absolute Gasteiger partial charge is 0.360 e. The number of nitrogens with zero attached hydrogens (tertiary/aromatic N) is 4. The van der Waals surface area contributed by atoms with E-state index in [2.05, 4.69) is 34.5 Å². The van der Waals surface area contributed by atoms with Crippen molar-refractivity contribution in [1.82, 2.24) is 19.9 Å². The lowest BCUT2D eigenvalue weighted by Gasteiger charge is -2.15. The van der Waals surface area contributed by atoms with Crippen LogP contribution in [0.15, 0.2) is 46.1 Å². The number of benzene rings is 1. The number of hydrogen-bond acceptors (Lipinski definition) is 6. The summed E-state index contributed by atoms with van der Waals surface area (Å²) in [5.41, 5.74) is 1.01. The highest BCUT2D eigenvalue weighted by Crippen LogP contribution is 2.29. The highest BCUT2D eigenvalue weighted by molar-refractivity contribution is 8.00. The van der Waals surface area contributed by atoms with Crippen LogP contribution in [0.25, 0.3) is 11.4 Å². The van der Waals surface area contributed by atoms with Crippen molar-refractivity contribution in [2.24, 2.45) is 0 Å². The van der Waals surface area contributed by atoms with Gasteiger partial charge in [-0.15, -0.1) is 10.2 Å². The van der Waals surface area contributed by atoms with E-state index in [1.165, 1.54) is 11.8 Å². The maximum absolute atomic E-state index is 12.8. The Morgan fingerprint density at radius 2 is 2.04 bits per heavy atom. The van der Waals surface area contributed by atoms with Crippen LogP contribution in [-0.2, 0) is 11.3 Å². The Hall–Kier alpha value is -2.61. The van der Waals surface area contributed by atoms with Gasteiger partial charge in [0.25, 0.3) is 0 Å². The first-order valence-electron chi connectivity index (χ1n) is 9.51. The van der Waals surface area contributed by atoms with Crippen molar-refractivity contribution in [2.75, 3.05) is 5.32 Å². The summed E-state index contributed by atoms with van der Waals surface area (Å²) >= 11 is 1.45. The first kappa shape index (κ1) is 20.1. The van der Waals surface area contributed by atoms with Crippen molar-refractivity contribution in [3.63, 3.8) is 0 Å². The number of rotatable bonds is 9. The number of aryl methyl sites for hydroxylation is 1. The van der Waals surface area contributed by atoms with Crippen molar-refractivity contribution >= 4 is 23.5 Å². The third kappa shape index (κ3) is 4.81.